The molecule has 0 N–H and O–H groups in total. The quantitative estimate of drug-likeness (QED) is 0.265. The number of benzene rings is 4. The Kier molecular flexibility index (Phi) is 2.40. The van der Waals surface area contributed by atoms with Crippen LogP contribution < -0.4 is 4.35 Å². The first-order chi connectivity index (χ1) is 9.31. The van der Waals surface area contributed by atoms with Crippen molar-refractivity contribution in [2.45, 2.75) is 0 Å². The molecule has 4 rings (SSSR count). The molecule has 0 aromatic heterocycles. The van der Waals surface area contributed by atoms with Crippen molar-refractivity contribution in [1.82, 2.24) is 0 Å². The zero-order valence-electron chi connectivity index (χ0n) is 10.4. The van der Waals surface area contributed by atoms with Gasteiger partial charge in [0, 0.05) is 0 Å². The molecular weight excluding hydrogens is 291 g/mol. The molecule has 0 aliphatic carbocycles. The second-order valence-electron chi connectivity index (χ2n) is 4.97. The maximum atomic E-state index is 2.33. The molecule has 0 heterocycles. The van der Waals surface area contributed by atoms with Gasteiger partial charge in [0.05, 0.1) is 0 Å². The van der Waals surface area contributed by atoms with Crippen LogP contribution in [0.15, 0.2) is 66.7 Å². The molecule has 0 bridgehead atoms. The van der Waals surface area contributed by atoms with Crippen molar-refractivity contribution in [2.24, 2.45) is 0 Å². The molecule has 1 heteroatoms. The minimum atomic E-state index is 1.31. The van der Waals surface area contributed by atoms with Crippen molar-refractivity contribution in [3.8, 4) is 0 Å². The summed E-state index contributed by atoms with van der Waals surface area (Å²) in [5.74, 6) is 0. The summed E-state index contributed by atoms with van der Waals surface area (Å²) in [4.78, 5) is 0. The molecule has 1 atom stereocenters. The standard InChI is InChI=1S/C18H13As/c19-16-8-7-13-9-14-6-5-12-3-1-2-4-17(12)18(14)11-15(13)10-16/h1-11H,19H2. The summed E-state index contributed by atoms with van der Waals surface area (Å²) in [7, 11) is 0. The fraction of sp³-hybridized carbons (Fsp3) is 0. The van der Waals surface area contributed by atoms with Crippen molar-refractivity contribution < 1.29 is 0 Å². The van der Waals surface area contributed by atoms with E-state index in [2.05, 4.69) is 66.7 Å². The van der Waals surface area contributed by atoms with Gasteiger partial charge >= 0.3 is 120 Å². The maximum absolute atomic E-state index is 2.33. The van der Waals surface area contributed by atoms with E-state index in [1.807, 2.05) is 0 Å². The van der Waals surface area contributed by atoms with Gasteiger partial charge in [0.1, 0.15) is 0 Å². The Bertz CT molecular complexity index is 922. The van der Waals surface area contributed by atoms with Gasteiger partial charge in [0.2, 0.25) is 0 Å². The second-order valence-corrected chi connectivity index (χ2v) is 6.37. The van der Waals surface area contributed by atoms with E-state index in [9.17, 15) is 0 Å². The van der Waals surface area contributed by atoms with Gasteiger partial charge in [-0.2, -0.15) is 0 Å². The number of hydrogen-bond acceptors (Lipinski definition) is 0. The molecule has 0 aliphatic heterocycles. The van der Waals surface area contributed by atoms with E-state index in [-0.39, 0.29) is 0 Å². The monoisotopic (exact) mass is 304 g/mol. The molecule has 0 saturated heterocycles. The molecule has 4 aromatic rings. The molecule has 90 valence electrons. The molecule has 0 aliphatic rings. The molecule has 0 saturated carbocycles. The minimum absolute atomic E-state index is 1.31. The SMILES string of the molecule is [AsH2]c1ccc2cc3ccc4ccccc4c3cc2c1. The fourth-order valence-corrected chi connectivity index (χ4v) is 3.35. The third kappa shape index (κ3) is 1.76. The molecule has 0 amide bonds. The predicted octanol–water partition coefficient (Wildman–Crippen LogP) is 3.40. The van der Waals surface area contributed by atoms with Gasteiger partial charge in [-0.05, 0) is 0 Å². The van der Waals surface area contributed by atoms with Crippen LogP contribution in [0, 0.1) is 0 Å². The summed E-state index contributed by atoms with van der Waals surface area (Å²) in [6.45, 7) is 0. The number of hydrogen-bond donors (Lipinski definition) is 0. The normalized spacial score (nSPS) is 11.4. The molecule has 19 heavy (non-hydrogen) atoms. The van der Waals surface area contributed by atoms with Crippen LogP contribution in [0.5, 0.6) is 0 Å². The summed E-state index contributed by atoms with van der Waals surface area (Å²) in [6.07, 6.45) is 0. The average Bonchev–Trinajstić information content (AvgIpc) is 2.45. The first-order valence-corrected chi connectivity index (χ1v) is 7.63. The Morgan fingerprint density at radius 2 is 1.32 bits per heavy atom. The van der Waals surface area contributed by atoms with Crippen molar-refractivity contribution >= 4 is 53.5 Å². The van der Waals surface area contributed by atoms with Crippen LogP contribution in [0.3, 0.4) is 0 Å². The van der Waals surface area contributed by atoms with Crippen molar-refractivity contribution in [1.29, 1.82) is 0 Å². The molecule has 1 unspecified atom stereocenters. The zero-order valence-corrected chi connectivity index (χ0v) is 12.9. The van der Waals surface area contributed by atoms with E-state index in [4.69, 9.17) is 0 Å². The van der Waals surface area contributed by atoms with Crippen molar-refractivity contribution in [3.05, 3.63) is 66.7 Å². The average molecular weight is 304 g/mol. The van der Waals surface area contributed by atoms with Crippen LogP contribution in [0.2, 0.25) is 0 Å². The predicted molar refractivity (Wildman–Crippen MR) is 87.1 cm³/mol. The number of fused-ring (bicyclic) bond motifs is 4. The van der Waals surface area contributed by atoms with E-state index in [0.29, 0.717) is 0 Å². The Labute approximate surface area is 120 Å². The zero-order chi connectivity index (χ0) is 12.8. The Hall–Kier alpha value is -1.78. The number of rotatable bonds is 0. The summed E-state index contributed by atoms with van der Waals surface area (Å²) >= 11 is 1.68. The van der Waals surface area contributed by atoms with E-state index in [0.717, 1.165) is 0 Å². The van der Waals surface area contributed by atoms with E-state index in [1.54, 1.807) is 16.9 Å². The van der Waals surface area contributed by atoms with E-state index < -0.39 is 0 Å². The van der Waals surface area contributed by atoms with Crippen LogP contribution in [0.4, 0.5) is 0 Å². The molecule has 4 aromatic carbocycles. The second kappa shape index (κ2) is 4.11. The molecule has 0 fully saturated rings. The van der Waals surface area contributed by atoms with Gasteiger partial charge in [-0.25, -0.2) is 0 Å². The first-order valence-electron chi connectivity index (χ1n) is 6.42. The Morgan fingerprint density at radius 3 is 2.26 bits per heavy atom. The Morgan fingerprint density at radius 1 is 0.526 bits per heavy atom. The van der Waals surface area contributed by atoms with E-state index in [1.165, 1.54) is 36.7 Å². The molecular formula is C18H13As. The molecule has 0 spiro atoms. The third-order valence-corrected chi connectivity index (χ3v) is 4.48. The van der Waals surface area contributed by atoms with E-state index >= 15 is 0 Å². The molecule has 0 nitrogen and oxygen atoms in total. The van der Waals surface area contributed by atoms with Gasteiger partial charge in [-0.1, -0.05) is 0 Å². The summed E-state index contributed by atoms with van der Waals surface area (Å²) in [5.41, 5.74) is 0. The van der Waals surface area contributed by atoms with Crippen molar-refractivity contribution in [2.75, 3.05) is 0 Å². The van der Waals surface area contributed by atoms with Crippen LogP contribution in [-0.2, 0) is 0 Å². The van der Waals surface area contributed by atoms with Crippen LogP contribution in [0.25, 0.3) is 32.3 Å². The third-order valence-electron chi connectivity index (χ3n) is 3.73. The molecule has 0 radical (unpaired) electrons. The summed E-state index contributed by atoms with van der Waals surface area (Å²) < 4.78 is 1.37. The van der Waals surface area contributed by atoms with Gasteiger partial charge in [0.15, 0.2) is 0 Å². The topological polar surface area (TPSA) is 0 Å². The van der Waals surface area contributed by atoms with Gasteiger partial charge < -0.3 is 0 Å². The fourth-order valence-electron chi connectivity index (χ4n) is 2.77. The first kappa shape index (κ1) is 11.1. The summed E-state index contributed by atoms with van der Waals surface area (Å²) in [5, 5.41) is 7.99. The van der Waals surface area contributed by atoms with Crippen LogP contribution >= 0.6 is 0 Å². The van der Waals surface area contributed by atoms with Crippen molar-refractivity contribution in [3.63, 3.8) is 0 Å². The van der Waals surface area contributed by atoms with Crippen LogP contribution in [-0.4, -0.2) is 16.9 Å². The van der Waals surface area contributed by atoms with Crippen LogP contribution in [0.1, 0.15) is 0 Å². The van der Waals surface area contributed by atoms with Gasteiger partial charge in [0.25, 0.3) is 0 Å². The Balaban J connectivity index is 2.23. The van der Waals surface area contributed by atoms with Gasteiger partial charge in [-0.15, -0.1) is 0 Å². The van der Waals surface area contributed by atoms with Gasteiger partial charge in [-0.3, -0.25) is 0 Å². The summed E-state index contributed by atoms with van der Waals surface area (Å²) in [6, 6.07) is 24.4.